The van der Waals surface area contributed by atoms with Gasteiger partial charge in [-0.05, 0) is 30.2 Å². The van der Waals surface area contributed by atoms with Gasteiger partial charge in [-0.25, -0.2) is 4.98 Å². The molecule has 9 nitrogen and oxygen atoms in total. The van der Waals surface area contributed by atoms with Gasteiger partial charge in [0.1, 0.15) is 0 Å². The molecule has 0 radical (unpaired) electrons. The van der Waals surface area contributed by atoms with Gasteiger partial charge in [-0.2, -0.15) is 26.6 Å². The Morgan fingerprint density at radius 2 is 1.72 bits per heavy atom. The van der Waals surface area contributed by atoms with Gasteiger partial charge in [0.15, 0.2) is 11.5 Å². The van der Waals surface area contributed by atoms with Crippen molar-refractivity contribution in [2.75, 3.05) is 22.8 Å². The molecule has 0 amide bonds. The van der Waals surface area contributed by atoms with Crippen LogP contribution in [0.2, 0.25) is 0 Å². The first kappa shape index (κ1) is 22.6. The molecule has 0 spiro atoms. The fraction of sp³-hybridized carbons (Fsp3) is 0.375. The van der Waals surface area contributed by atoms with E-state index >= 15 is 0 Å². The first-order chi connectivity index (χ1) is 13.4. The van der Waals surface area contributed by atoms with Crippen LogP contribution in [0, 0.1) is 5.92 Å². The number of anilines is 3. The summed E-state index contributed by atoms with van der Waals surface area (Å²) in [7, 11) is -4.36. The van der Waals surface area contributed by atoms with Gasteiger partial charge in [0.05, 0.1) is 23.2 Å². The van der Waals surface area contributed by atoms with Crippen LogP contribution in [0.25, 0.3) is 0 Å². The topological polar surface area (TPSA) is 136 Å². The zero-order valence-electron chi connectivity index (χ0n) is 15.4. The third-order valence-electron chi connectivity index (χ3n) is 3.82. The number of aliphatic hydroxyl groups is 1. The Hall–Kier alpha value is -2.64. The Kier molecular flexibility index (Phi) is 6.87. The Labute approximate surface area is 165 Å². The van der Waals surface area contributed by atoms with Crippen molar-refractivity contribution in [3.05, 3.63) is 36.0 Å². The van der Waals surface area contributed by atoms with E-state index in [1.54, 1.807) is 13.8 Å². The molecule has 1 aromatic heterocycles. The number of alkyl halides is 3. The summed E-state index contributed by atoms with van der Waals surface area (Å²) in [5.74, 6) is -0.623. The second-order valence-electron chi connectivity index (χ2n) is 6.39. The Bertz CT molecular complexity index is 937. The van der Waals surface area contributed by atoms with E-state index in [4.69, 9.17) is 4.55 Å². The number of halogens is 3. The first-order valence-corrected chi connectivity index (χ1v) is 9.77. The van der Waals surface area contributed by atoms with Gasteiger partial charge in [0, 0.05) is 6.07 Å². The lowest BCUT2D eigenvalue weighted by Crippen LogP contribution is -2.31. The first-order valence-electron chi connectivity index (χ1n) is 8.33. The standard InChI is InChI=1S/C16H20F3N5O4S/c1-9(2)12(8-25)20-15-21-13(16(17,18)19)7-14(22-15)24-23-10-3-5-11(6-4-10)29(26,27)28/h3-7,9,12,23,25H,8H2,1-2H3,(H,26,27,28)(H2,20,21,22,24)/t12-/m0/s1. The maximum atomic E-state index is 13.1. The highest BCUT2D eigenvalue weighted by molar-refractivity contribution is 7.85. The van der Waals surface area contributed by atoms with Crippen molar-refractivity contribution >= 4 is 27.6 Å². The minimum atomic E-state index is -4.72. The van der Waals surface area contributed by atoms with Gasteiger partial charge < -0.3 is 10.4 Å². The molecule has 1 aromatic carbocycles. The lowest BCUT2D eigenvalue weighted by molar-refractivity contribution is -0.141. The van der Waals surface area contributed by atoms with E-state index in [1.165, 1.54) is 12.1 Å². The smallest absolute Gasteiger partial charge is 0.394 e. The number of nitrogens with one attached hydrogen (secondary N) is 3. The molecule has 0 fully saturated rings. The molecule has 0 unspecified atom stereocenters. The SMILES string of the molecule is CC(C)[C@H](CO)Nc1nc(NNc2ccc(S(=O)(=O)O)cc2)cc(C(F)(F)F)n1. The van der Waals surface area contributed by atoms with Gasteiger partial charge in [-0.3, -0.25) is 15.4 Å². The predicted molar refractivity (Wildman–Crippen MR) is 99.9 cm³/mol. The van der Waals surface area contributed by atoms with Gasteiger partial charge in [-0.15, -0.1) is 0 Å². The normalized spacial score (nSPS) is 13.2. The average Bonchev–Trinajstić information content (AvgIpc) is 2.63. The van der Waals surface area contributed by atoms with Crippen LogP contribution in [0.15, 0.2) is 35.2 Å². The predicted octanol–water partition coefficient (Wildman–Crippen LogP) is 2.61. The largest absolute Gasteiger partial charge is 0.433 e. The molecule has 29 heavy (non-hydrogen) atoms. The van der Waals surface area contributed by atoms with Crippen molar-refractivity contribution in [2.45, 2.75) is 31.0 Å². The van der Waals surface area contributed by atoms with Crippen molar-refractivity contribution in [2.24, 2.45) is 5.92 Å². The van der Waals surface area contributed by atoms with E-state index in [1.807, 2.05) is 0 Å². The van der Waals surface area contributed by atoms with E-state index in [0.717, 1.165) is 12.1 Å². The van der Waals surface area contributed by atoms with Crippen LogP contribution in [0.1, 0.15) is 19.5 Å². The molecular weight excluding hydrogens is 415 g/mol. The monoisotopic (exact) mass is 435 g/mol. The van der Waals surface area contributed by atoms with Crippen LogP contribution < -0.4 is 16.2 Å². The number of hydrogen-bond acceptors (Lipinski definition) is 8. The molecule has 160 valence electrons. The Balaban J connectivity index is 2.23. The molecule has 2 rings (SSSR count). The highest BCUT2D eigenvalue weighted by Gasteiger charge is 2.34. The van der Waals surface area contributed by atoms with Crippen molar-refractivity contribution in [3.8, 4) is 0 Å². The van der Waals surface area contributed by atoms with Crippen LogP contribution in [-0.4, -0.2) is 40.7 Å². The third kappa shape index (κ3) is 6.44. The van der Waals surface area contributed by atoms with Gasteiger partial charge in [-0.1, -0.05) is 13.8 Å². The quantitative estimate of drug-likeness (QED) is 0.313. The van der Waals surface area contributed by atoms with Crippen molar-refractivity contribution < 1.29 is 31.2 Å². The Morgan fingerprint density at radius 3 is 2.21 bits per heavy atom. The molecule has 0 saturated carbocycles. The fourth-order valence-corrected chi connectivity index (χ4v) is 2.64. The lowest BCUT2D eigenvalue weighted by atomic mass is 10.1. The number of rotatable bonds is 8. The molecule has 0 saturated heterocycles. The Morgan fingerprint density at radius 1 is 1.10 bits per heavy atom. The molecule has 0 bridgehead atoms. The summed E-state index contributed by atoms with van der Waals surface area (Å²) >= 11 is 0. The molecule has 1 atom stereocenters. The molecule has 0 aliphatic heterocycles. The number of hydrogen-bond donors (Lipinski definition) is 5. The van der Waals surface area contributed by atoms with Crippen LogP contribution in [-0.2, 0) is 16.3 Å². The summed E-state index contributed by atoms with van der Waals surface area (Å²) in [5.41, 5.74) is 4.16. The summed E-state index contributed by atoms with van der Waals surface area (Å²) in [6.45, 7) is 3.23. The second-order valence-corrected chi connectivity index (χ2v) is 7.81. The minimum absolute atomic E-state index is 0.0889. The van der Waals surface area contributed by atoms with Crippen LogP contribution in [0.4, 0.5) is 30.6 Å². The molecule has 13 heteroatoms. The zero-order valence-corrected chi connectivity index (χ0v) is 16.2. The summed E-state index contributed by atoms with van der Waals surface area (Å²) < 4.78 is 70.4. The van der Waals surface area contributed by atoms with Crippen LogP contribution in [0.5, 0.6) is 0 Å². The van der Waals surface area contributed by atoms with Crippen molar-refractivity contribution in [1.82, 2.24) is 9.97 Å². The maximum Gasteiger partial charge on any atom is 0.433 e. The maximum absolute atomic E-state index is 13.1. The third-order valence-corrected chi connectivity index (χ3v) is 4.69. The zero-order chi connectivity index (χ0) is 21.8. The summed E-state index contributed by atoms with van der Waals surface area (Å²) in [6, 6.07) is 4.95. The number of benzene rings is 1. The second kappa shape index (κ2) is 8.80. The summed E-state index contributed by atoms with van der Waals surface area (Å²) in [6.07, 6.45) is -4.72. The lowest BCUT2D eigenvalue weighted by Gasteiger charge is -2.21. The summed E-state index contributed by atoms with van der Waals surface area (Å²) in [4.78, 5) is 7.06. The molecule has 0 aliphatic carbocycles. The van der Waals surface area contributed by atoms with Gasteiger partial charge >= 0.3 is 6.18 Å². The van der Waals surface area contributed by atoms with Gasteiger partial charge in [0.2, 0.25) is 5.95 Å². The van der Waals surface area contributed by atoms with Crippen molar-refractivity contribution in [3.63, 3.8) is 0 Å². The minimum Gasteiger partial charge on any atom is -0.394 e. The highest BCUT2D eigenvalue weighted by Crippen LogP contribution is 2.30. The van der Waals surface area contributed by atoms with Crippen LogP contribution in [0.3, 0.4) is 0 Å². The molecular formula is C16H20F3N5O4S. The number of aliphatic hydroxyl groups excluding tert-OH is 1. The number of nitrogens with zero attached hydrogens (tertiary/aromatic N) is 2. The van der Waals surface area contributed by atoms with E-state index in [2.05, 4.69) is 26.1 Å². The molecule has 5 N–H and O–H groups in total. The van der Waals surface area contributed by atoms with E-state index in [-0.39, 0.29) is 29.2 Å². The van der Waals surface area contributed by atoms with E-state index in [0.29, 0.717) is 11.8 Å². The van der Waals surface area contributed by atoms with E-state index in [9.17, 15) is 26.7 Å². The van der Waals surface area contributed by atoms with Crippen molar-refractivity contribution in [1.29, 1.82) is 0 Å². The fourth-order valence-electron chi connectivity index (χ4n) is 2.16. The van der Waals surface area contributed by atoms with Crippen LogP contribution >= 0.6 is 0 Å². The highest BCUT2D eigenvalue weighted by atomic mass is 32.2. The van der Waals surface area contributed by atoms with Gasteiger partial charge in [0.25, 0.3) is 10.1 Å². The number of hydrazine groups is 1. The summed E-state index contributed by atoms with van der Waals surface area (Å²) in [5, 5.41) is 12.0. The molecule has 1 heterocycles. The molecule has 0 aliphatic rings. The average molecular weight is 435 g/mol. The number of aromatic nitrogens is 2. The van der Waals surface area contributed by atoms with E-state index < -0.39 is 28.0 Å². The molecule has 2 aromatic rings.